The monoisotopic (exact) mass is 274 g/mol. The van der Waals surface area contributed by atoms with Gasteiger partial charge in [0.2, 0.25) is 0 Å². The number of hydrogen-bond donors (Lipinski definition) is 0. The molecule has 0 aromatic heterocycles. The Morgan fingerprint density at radius 1 is 1.41 bits per heavy atom. The lowest BCUT2D eigenvalue weighted by atomic mass is 10.1. The summed E-state index contributed by atoms with van der Waals surface area (Å²) in [5.41, 5.74) is 0.606. The van der Waals surface area contributed by atoms with Gasteiger partial charge in [-0.1, -0.05) is 17.7 Å². The number of thioether (sulfide) groups is 1. The third-order valence-electron chi connectivity index (χ3n) is 2.89. The third kappa shape index (κ3) is 3.87. The van der Waals surface area contributed by atoms with Crippen molar-refractivity contribution in [3.8, 4) is 0 Å². The molecule has 0 bridgehead atoms. The van der Waals surface area contributed by atoms with Crippen molar-refractivity contribution in [1.82, 2.24) is 0 Å². The largest absolute Gasteiger partial charge is 0.377 e. The van der Waals surface area contributed by atoms with E-state index in [1.54, 1.807) is 23.9 Å². The Balaban J connectivity index is 1.81. The fourth-order valence-corrected chi connectivity index (χ4v) is 3.35. The van der Waals surface area contributed by atoms with E-state index in [0.29, 0.717) is 22.4 Å². The van der Waals surface area contributed by atoms with Crippen molar-refractivity contribution in [3.05, 3.63) is 34.6 Å². The summed E-state index contributed by atoms with van der Waals surface area (Å²) in [5, 5.41) is 0.516. The van der Waals surface area contributed by atoms with Crippen LogP contribution in [0.3, 0.4) is 0 Å². The minimum Gasteiger partial charge on any atom is -0.377 e. The molecule has 2 rings (SSSR count). The lowest BCUT2D eigenvalue weighted by Crippen LogP contribution is -2.21. The van der Waals surface area contributed by atoms with E-state index in [1.165, 1.54) is 18.9 Å². The fourth-order valence-electron chi connectivity index (χ4n) is 1.90. The molecule has 4 heteroatoms. The Bertz CT molecular complexity index is 346. The van der Waals surface area contributed by atoms with E-state index >= 15 is 0 Å². The van der Waals surface area contributed by atoms with E-state index in [-0.39, 0.29) is 5.82 Å². The summed E-state index contributed by atoms with van der Waals surface area (Å²) in [6.07, 6.45) is 3.86. The normalized spacial score (nSPS) is 20.5. The summed E-state index contributed by atoms with van der Waals surface area (Å²) in [4.78, 5) is 0. The van der Waals surface area contributed by atoms with Crippen LogP contribution in [0.5, 0.6) is 0 Å². The summed E-state index contributed by atoms with van der Waals surface area (Å²) in [6, 6.07) is 4.83. The first-order valence-corrected chi connectivity index (χ1v) is 7.43. The van der Waals surface area contributed by atoms with Crippen LogP contribution < -0.4 is 0 Å². The molecule has 1 aliphatic rings. The second kappa shape index (κ2) is 6.62. The standard InChI is InChI=1S/C13H16ClFOS/c14-12-5-3-6-13(15)11(12)9-17-8-10-4-1-2-7-16-10/h3,5-6,10H,1-2,4,7-9H2. The van der Waals surface area contributed by atoms with Gasteiger partial charge in [-0.2, -0.15) is 11.8 Å². The average molecular weight is 275 g/mol. The molecule has 1 atom stereocenters. The molecule has 1 unspecified atom stereocenters. The fraction of sp³-hybridized carbons (Fsp3) is 0.538. The smallest absolute Gasteiger partial charge is 0.128 e. The number of benzene rings is 1. The predicted octanol–water partition coefficient (Wildman–Crippen LogP) is 4.28. The Kier molecular flexibility index (Phi) is 5.14. The highest BCUT2D eigenvalue weighted by atomic mass is 35.5. The summed E-state index contributed by atoms with van der Waals surface area (Å²) in [5.74, 6) is 1.32. The van der Waals surface area contributed by atoms with Crippen molar-refractivity contribution >= 4 is 23.4 Å². The molecule has 17 heavy (non-hydrogen) atoms. The van der Waals surface area contributed by atoms with Gasteiger partial charge in [0, 0.05) is 28.7 Å². The molecule has 0 aliphatic carbocycles. The number of rotatable bonds is 4. The summed E-state index contributed by atoms with van der Waals surface area (Å²) in [6.45, 7) is 0.867. The van der Waals surface area contributed by atoms with Gasteiger partial charge >= 0.3 is 0 Å². The van der Waals surface area contributed by atoms with Gasteiger partial charge in [0.25, 0.3) is 0 Å². The average Bonchev–Trinajstić information content (AvgIpc) is 2.34. The minimum absolute atomic E-state index is 0.213. The molecule has 0 radical (unpaired) electrons. The van der Waals surface area contributed by atoms with Crippen molar-refractivity contribution in [2.24, 2.45) is 0 Å². The first-order valence-electron chi connectivity index (χ1n) is 5.89. The molecule has 0 amide bonds. The van der Waals surface area contributed by atoms with Crippen LogP contribution in [0, 0.1) is 5.82 Å². The van der Waals surface area contributed by atoms with Crippen LogP contribution in [0.2, 0.25) is 5.02 Å². The Labute approximate surface area is 111 Å². The van der Waals surface area contributed by atoms with Gasteiger partial charge in [0.05, 0.1) is 6.10 Å². The molecule has 1 saturated heterocycles. The van der Waals surface area contributed by atoms with Gasteiger partial charge < -0.3 is 4.74 Å². The van der Waals surface area contributed by atoms with Gasteiger partial charge in [-0.15, -0.1) is 0 Å². The van der Waals surface area contributed by atoms with Crippen molar-refractivity contribution in [3.63, 3.8) is 0 Å². The van der Waals surface area contributed by atoms with E-state index in [0.717, 1.165) is 18.8 Å². The van der Waals surface area contributed by atoms with Crippen LogP contribution in [-0.2, 0) is 10.5 Å². The van der Waals surface area contributed by atoms with Gasteiger partial charge in [0.1, 0.15) is 5.82 Å². The lowest BCUT2D eigenvalue weighted by Gasteiger charge is -2.22. The first kappa shape index (κ1) is 13.2. The molecule has 0 N–H and O–H groups in total. The first-order chi connectivity index (χ1) is 8.27. The van der Waals surface area contributed by atoms with Gasteiger partial charge in [0.15, 0.2) is 0 Å². The summed E-state index contributed by atoms with van der Waals surface area (Å²) in [7, 11) is 0. The molecule has 1 aliphatic heterocycles. The zero-order valence-electron chi connectivity index (χ0n) is 9.62. The highest BCUT2D eigenvalue weighted by molar-refractivity contribution is 7.98. The van der Waals surface area contributed by atoms with Crippen molar-refractivity contribution in [2.75, 3.05) is 12.4 Å². The zero-order valence-corrected chi connectivity index (χ0v) is 11.2. The number of hydrogen-bond acceptors (Lipinski definition) is 2. The van der Waals surface area contributed by atoms with E-state index in [9.17, 15) is 4.39 Å². The predicted molar refractivity (Wildman–Crippen MR) is 71.2 cm³/mol. The van der Waals surface area contributed by atoms with E-state index in [1.807, 2.05) is 0 Å². The van der Waals surface area contributed by atoms with Crippen LogP contribution in [0.1, 0.15) is 24.8 Å². The highest BCUT2D eigenvalue weighted by Gasteiger charge is 2.14. The van der Waals surface area contributed by atoms with E-state index in [4.69, 9.17) is 16.3 Å². The van der Waals surface area contributed by atoms with Crippen molar-refractivity contribution in [2.45, 2.75) is 31.1 Å². The molecule has 1 fully saturated rings. The number of ether oxygens (including phenoxy) is 1. The quantitative estimate of drug-likeness (QED) is 0.810. The van der Waals surface area contributed by atoms with E-state index < -0.39 is 0 Å². The van der Waals surface area contributed by atoms with Crippen LogP contribution in [-0.4, -0.2) is 18.5 Å². The molecule has 0 spiro atoms. The molecule has 94 valence electrons. The number of halogens is 2. The van der Waals surface area contributed by atoms with Crippen molar-refractivity contribution in [1.29, 1.82) is 0 Å². The maximum absolute atomic E-state index is 13.5. The van der Waals surface area contributed by atoms with Gasteiger partial charge in [-0.3, -0.25) is 0 Å². The second-order valence-corrected chi connectivity index (χ2v) is 5.64. The van der Waals surface area contributed by atoms with E-state index in [2.05, 4.69) is 0 Å². The summed E-state index contributed by atoms with van der Waals surface area (Å²) >= 11 is 7.66. The molecule has 1 heterocycles. The molecule has 0 saturated carbocycles. The molecule has 1 aromatic carbocycles. The minimum atomic E-state index is -0.213. The maximum atomic E-state index is 13.5. The Morgan fingerprint density at radius 3 is 3.00 bits per heavy atom. The van der Waals surface area contributed by atoms with Gasteiger partial charge in [-0.25, -0.2) is 4.39 Å². The molecule has 1 aromatic rings. The third-order valence-corrected chi connectivity index (χ3v) is 4.34. The topological polar surface area (TPSA) is 9.23 Å². The van der Waals surface area contributed by atoms with Crippen LogP contribution in [0.15, 0.2) is 18.2 Å². The summed E-state index contributed by atoms with van der Waals surface area (Å²) < 4.78 is 19.1. The molecular weight excluding hydrogens is 259 g/mol. The zero-order chi connectivity index (χ0) is 12.1. The highest BCUT2D eigenvalue weighted by Crippen LogP contribution is 2.25. The SMILES string of the molecule is Fc1cccc(Cl)c1CSCC1CCCCO1. The maximum Gasteiger partial charge on any atom is 0.128 e. The van der Waals surface area contributed by atoms with Gasteiger partial charge in [-0.05, 0) is 31.4 Å². The molecule has 1 nitrogen and oxygen atoms in total. The van der Waals surface area contributed by atoms with Crippen molar-refractivity contribution < 1.29 is 9.13 Å². The van der Waals surface area contributed by atoms with Crippen LogP contribution >= 0.6 is 23.4 Å². The Morgan fingerprint density at radius 2 is 2.29 bits per heavy atom. The van der Waals surface area contributed by atoms with Crippen LogP contribution in [0.4, 0.5) is 4.39 Å². The van der Waals surface area contributed by atoms with Crippen LogP contribution in [0.25, 0.3) is 0 Å². The Hall–Kier alpha value is -0.250. The second-order valence-electron chi connectivity index (χ2n) is 4.20. The molecular formula is C13H16ClFOS. The lowest BCUT2D eigenvalue weighted by molar-refractivity contribution is 0.0315.